The number of rotatable bonds is 6. The zero-order valence-corrected chi connectivity index (χ0v) is 15.8. The molecule has 0 aromatic heterocycles. The highest BCUT2D eigenvalue weighted by atomic mass is 35.5. The molecular formula is C18H25ClN2O2S. The first-order chi connectivity index (χ1) is 11.5. The maximum atomic E-state index is 12.6. The molecule has 0 radical (unpaired) electrons. The van der Waals surface area contributed by atoms with E-state index in [2.05, 4.69) is 5.32 Å². The molecule has 1 aliphatic rings. The average Bonchev–Trinajstić information content (AvgIpc) is 2.61. The van der Waals surface area contributed by atoms with Gasteiger partial charge in [-0.3, -0.25) is 9.59 Å². The number of carbonyl (C=O) groups excluding carboxylic acids is 2. The molecule has 1 aliphatic heterocycles. The number of hydrogen-bond donors (Lipinski definition) is 1. The van der Waals surface area contributed by atoms with Crippen LogP contribution in [0.15, 0.2) is 29.2 Å². The molecule has 1 saturated heterocycles. The van der Waals surface area contributed by atoms with Gasteiger partial charge in [-0.2, -0.15) is 0 Å². The Balaban J connectivity index is 1.81. The number of halogens is 1. The summed E-state index contributed by atoms with van der Waals surface area (Å²) in [5, 5.41) is 3.50. The molecule has 0 saturated carbocycles. The summed E-state index contributed by atoms with van der Waals surface area (Å²) in [5.74, 6) is 0.315. The Bertz CT molecular complexity index is 557. The Morgan fingerprint density at radius 1 is 1.29 bits per heavy atom. The molecule has 1 aromatic rings. The third kappa shape index (κ3) is 5.42. The zero-order valence-electron chi connectivity index (χ0n) is 14.3. The van der Waals surface area contributed by atoms with Crippen molar-refractivity contribution < 1.29 is 9.59 Å². The summed E-state index contributed by atoms with van der Waals surface area (Å²) in [6.07, 6.45) is 2.45. The van der Waals surface area contributed by atoms with Gasteiger partial charge in [0.1, 0.15) is 0 Å². The maximum Gasteiger partial charge on any atom is 0.235 e. The minimum Gasteiger partial charge on any atom is -0.356 e. The van der Waals surface area contributed by atoms with E-state index < -0.39 is 0 Å². The maximum absolute atomic E-state index is 12.6. The Kier molecular flexibility index (Phi) is 7.43. The van der Waals surface area contributed by atoms with Gasteiger partial charge in [0.25, 0.3) is 0 Å². The van der Waals surface area contributed by atoms with Crippen molar-refractivity contribution >= 4 is 35.2 Å². The number of benzene rings is 1. The van der Waals surface area contributed by atoms with E-state index >= 15 is 0 Å². The number of hydrogen-bond acceptors (Lipinski definition) is 3. The van der Waals surface area contributed by atoms with Crippen LogP contribution in [0.4, 0.5) is 0 Å². The first kappa shape index (κ1) is 19.1. The number of nitrogens with one attached hydrogen (secondary N) is 1. The molecule has 1 atom stereocenters. The van der Waals surface area contributed by atoms with Gasteiger partial charge < -0.3 is 10.2 Å². The van der Waals surface area contributed by atoms with Gasteiger partial charge in [0.2, 0.25) is 11.8 Å². The molecule has 1 aromatic carbocycles. The molecule has 2 amide bonds. The minimum atomic E-state index is -0.142. The fraction of sp³-hybridized carbons (Fsp3) is 0.556. The van der Waals surface area contributed by atoms with E-state index in [1.54, 1.807) is 11.8 Å². The molecule has 24 heavy (non-hydrogen) atoms. The second kappa shape index (κ2) is 9.33. The minimum absolute atomic E-state index is 0.0415. The first-order valence-electron chi connectivity index (χ1n) is 8.50. The van der Waals surface area contributed by atoms with Crippen LogP contribution in [0.25, 0.3) is 0 Å². The van der Waals surface area contributed by atoms with Gasteiger partial charge in [0.15, 0.2) is 0 Å². The lowest BCUT2D eigenvalue weighted by Crippen LogP contribution is -2.45. The normalized spacial score (nSPS) is 16.7. The van der Waals surface area contributed by atoms with Gasteiger partial charge in [-0.05, 0) is 50.5 Å². The molecule has 0 spiro atoms. The van der Waals surface area contributed by atoms with Gasteiger partial charge in [-0.25, -0.2) is 0 Å². The molecule has 1 N–H and O–H groups in total. The molecule has 1 heterocycles. The van der Waals surface area contributed by atoms with Crippen LogP contribution in [0.1, 0.15) is 33.1 Å². The van der Waals surface area contributed by atoms with Crippen LogP contribution < -0.4 is 5.32 Å². The van der Waals surface area contributed by atoms with Gasteiger partial charge in [-0.15, -0.1) is 11.8 Å². The SMILES string of the molecule is CCCNC(=O)C1CCN(C(=O)C(C)Sc2ccc(Cl)cc2)CC1. The number of amides is 2. The number of piperidine rings is 1. The number of nitrogens with zero attached hydrogens (tertiary/aromatic N) is 1. The molecule has 4 nitrogen and oxygen atoms in total. The Morgan fingerprint density at radius 2 is 1.92 bits per heavy atom. The van der Waals surface area contributed by atoms with E-state index in [9.17, 15) is 9.59 Å². The topological polar surface area (TPSA) is 49.4 Å². The zero-order chi connectivity index (χ0) is 17.5. The van der Waals surface area contributed by atoms with Crippen LogP contribution >= 0.6 is 23.4 Å². The van der Waals surface area contributed by atoms with E-state index in [0.29, 0.717) is 18.1 Å². The summed E-state index contributed by atoms with van der Waals surface area (Å²) in [7, 11) is 0. The lowest BCUT2D eigenvalue weighted by molar-refractivity contribution is -0.134. The third-order valence-corrected chi connectivity index (χ3v) is 5.55. The van der Waals surface area contributed by atoms with Crippen molar-refractivity contribution in [3.05, 3.63) is 29.3 Å². The summed E-state index contributed by atoms with van der Waals surface area (Å²) in [4.78, 5) is 27.5. The van der Waals surface area contributed by atoms with Gasteiger partial charge >= 0.3 is 0 Å². The monoisotopic (exact) mass is 368 g/mol. The molecule has 6 heteroatoms. The van der Waals surface area contributed by atoms with E-state index in [1.807, 2.05) is 43.0 Å². The second-order valence-electron chi connectivity index (χ2n) is 6.10. The molecular weight excluding hydrogens is 344 g/mol. The molecule has 1 fully saturated rings. The molecule has 1 unspecified atom stereocenters. The highest BCUT2D eigenvalue weighted by Gasteiger charge is 2.29. The fourth-order valence-corrected chi connectivity index (χ4v) is 3.86. The van der Waals surface area contributed by atoms with Crippen LogP contribution in [-0.4, -0.2) is 41.6 Å². The number of likely N-dealkylation sites (tertiary alicyclic amines) is 1. The third-order valence-electron chi connectivity index (χ3n) is 4.20. The van der Waals surface area contributed by atoms with Crippen molar-refractivity contribution in [2.24, 2.45) is 5.92 Å². The van der Waals surface area contributed by atoms with Gasteiger partial charge in [-0.1, -0.05) is 18.5 Å². The van der Waals surface area contributed by atoms with E-state index in [4.69, 9.17) is 11.6 Å². The smallest absolute Gasteiger partial charge is 0.235 e. The number of carbonyl (C=O) groups is 2. The average molecular weight is 369 g/mol. The summed E-state index contributed by atoms with van der Waals surface area (Å²) in [6, 6.07) is 7.53. The van der Waals surface area contributed by atoms with E-state index in [0.717, 1.165) is 30.7 Å². The van der Waals surface area contributed by atoms with Crippen LogP contribution in [0.3, 0.4) is 0 Å². The first-order valence-corrected chi connectivity index (χ1v) is 9.75. The summed E-state index contributed by atoms with van der Waals surface area (Å²) >= 11 is 7.43. The quantitative estimate of drug-likeness (QED) is 0.780. The standard InChI is InChI=1S/C18H25ClN2O2S/c1-3-10-20-17(22)14-8-11-21(12-9-14)18(23)13(2)24-16-6-4-15(19)5-7-16/h4-7,13-14H,3,8-12H2,1-2H3,(H,20,22). The van der Waals surface area contributed by atoms with Crippen molar-refractivity contribution in [1.82, 2.24) is 10.2 Å². The molecule has 132 valence electrons. The predicted molar refractivity (Wildman–Crippen MR) is 99.4 cm³/mol. The predicted octanol–water partition coefficient (Wildman–Crippen LogP) is 3.59. The summed E-state index contributed by atoms with van der Waals surface area (Å²) in [5.41, 5.74) is 0. The van der Waals surface area contributed by atoms with Crippen molar-refractivity contribution in [1.29, 1.82) is 0 Å². The highest BCUT2D eigenvalue weighted by Crippen LogP contribution is 2.27. The Hall–Kier alpha value is -1.20. The van der Waals surface area contributed by atoms with Crippen molar-refractivity contribution in [3.8, 4) is 0 Å². The molecule has 0 aliphatic carbocycles. The van der Waals surface area contributed by atoms with Crippen molar-refractivity contribution in [2.45, 2.75) is 43.3 Å². The van der Waals surface area contributed by atoms with Crippen molar-refractivity contribution in [3.63, 3.8) is 0 Å². The van der Waals surface area contributed by atoms with Crippen LogP contribution in [0, 0.1) is 5.92 Å². The molecule has 2 rings (SSSR count). The summed E-state index contributed by atoms with van der Waals surface area (Å²) in [6.45, 7) is 6.03. The van der Waals surface area contributed by atoms with E-state index in [1.165, 1.54) is 0 Å². The molecule has 0 bridgehead atoms. The lowest BCUT2D eigenvalue weighted by atomic mass is 9.95. The number of thioether (sulfide) groups is 1. The largest absolute Gasteiger partial charge is 0.356 e. The van der Waals surface area contributed by atoms with Crippen LogP contribution in [0.2, 0.25) is 5.02 Å². The second-order valence-corrected chi connectivity index (χ2v) is 7.96. The van der Waals surface area contributed by atoms with Gasteiger partial charge in [0, 0.05) is 35.5 Å². The Labute approximate surface area is 153 Å². The Morgan fingerprint density at radius 3 is 2.50 bits per heavy atom. The van der Waals surface area contributed by atoms with Crippen LogP contribution in [0.5, 0.6) is 0 Å². The van der Waals surface area contributed by atoms with E-state index in [-0.39, 0.29) is 23.0 Å². The fourth-order valence-electron chi connectivity index (χ4n) is 2.78. The van der Waals surface area contributed by atoms with Crippen LogP contribution in [-0.2, 0) is 9.59 Å². The van der Waals surface area contributed by atoms with Crippen molar-refractivity contribution in [2.75, 3.05) is 19.6 Å². The summed E-state index contributed by atoms with van der Waals surface area (Å²) < 4.78 is 0. The van der Waals surface area contributed by atoms with Gasteiger partial charge in [0.05, 0.1) is 5.25 Å². The lowest BCUT2D eigenvalue weighted by Gasteiger charge is -2.33. The highest BCUT2D eigenvalue weighted by molar-refractivity contribution is 8.00.